The van der Waals surface area contributed by atoms with E-state index in [2.05, 4.69) is 28.1 Å². The van der Waals surface area contributed by atoms with Gasteiger partial charge < -0.3 is 9.90 Å². The third kappa shape index (κ3) is 2.68. The molecule has 4 rings (SSSR count). The van der Waals surface area contributed by atoms with Crippen LogP contribution in [0.25, 0.3) is 22.6 Å². The number of hydrogen-bond donors (Lipinski definition) is 0. The molecule has 5 heteroatoms. The molecule has 0 spiro atoms. The Hall–Kier alpha value is -1.98. The average molecular weight is 399 g/mol. The molecule has 0 bridgehead atoms. The van der Waals surface area contributed by atoms with Gasteiger partial charge in [-0.2, -0.15) is 0 Å². The lowest BCUT2D eigenvalue weighted by atomic mass is 9.86. The number of aromatic carboxylic acids is 1. The summed E-state index contributed by atoms with van der Waals surface area (Å²) < 4.78 is 1.08. The summed E-state index contributed by atoms with van der Waals surface area (Å²) in [6.07, 6.45) is 4.67. The van der Waals surface area contributed by atoms with Crippen molar-refractivity contribution in [3.05, 3.63) is 61.9 Å². The minimum atomic E-state index is -1.12. The lowest BCUT2D eigenvalue weighted by molar-refractivity contribution is -0.254. The van der Waals surface area contributed by atoms with Crippen LogP contribution in [0.1, 0.15) is 39.3 Å². The smallest absolute Gasteiger partial charge is 0.0725 e. The van der Waals surface area contributed by atoms with Crippen molar-refractivity contribution in [1.29, 1.82) is 0 Å². The summed E-state index contributed by atoms with van der Waals surface area (Å²) in [5.74, 6) is -1.12. The van der Waals surface area contributed by atoms with E-state index < -0.39 is 5.97 Å². The molecule has 24 heavy (non-hydrogen) atoms. The predicted octanol–water partition coefficient (Wildman–Crippen LogP) is 4.30. The summed E-state index contributed by atoms with van der Waals surface area (Å²) in [7, 11) is 0. The van der Waals surface area contributed by atoms with E-state index in [9.17, 15) is 9.90 Å². The van der Waals surface area contributed by atoms with Crippen molar-refractivity contribution < 1.29 is 9.90 Å². The molecule has 120 valence electrons. The molecule has 0 radical (unpaired) electrons. The second kappa shape index (κ2) is 6.15. The fourth-order valence-corrected chi connectivity index (χ4v) is 4.68. The maximum atomic E-state index is 11.8. The van der Waals surface area contributed by atoms with Crippen molar-refractivity contribution in [3.8, 4) is 0 Å². The van der Waals surface area contributed by atoms with Crippen LogP contribution in [0.15, 0.2) is 40.2 Å². The van der Waals surface area contributed by atoms with E-state index in [0.717, 1.165) is 44.8 Å². The highest BCUT2D eigenvalue weighted by atomic mass is 79.9. The van der Waals surface area contributed by atoms with Crippen LogP contribution in [0.4, 0.5) is 0 Å². The molecule has 0 amide bonds. The van der Waals surface area contributed by atoms with Crippen LogP contribution >= 0.6 is 27.3 Å². The zero-order valence-electron chi connectivity index (χ0n) is 12.7. The number of benzene rings is 1. The molecule has 1 aliphatic carbocycles. The van der Waals surface area contributed by atoms with Crippen molar-refractivity contribution in [2.75, 3.05) is 0 Å². The van der Waals surface area contributed by atoms with Crippen molar-refractivity contribution >= 4 is 55.8 Å². The largest absolute Gasteiger partial charge is 0.545 e. The quantitative estimate of drug-likeness (QED) is 0.646. The maximum absolute atomic E-state index is 11.8. The number of halogens is 1. The highest BCUT2D eigenvalue weighted by molar-refractivity contribution is 9.11. The third-order valence-corrected chi connectivity index (χ3v) is 5.86. The monoisotopic (exact) mass is 398 g/mol. The second-order valence-corrected chi connectivity index (χ2v) is 8.28. The van der Waals surface area contributed by atoms with Gasteiger partial charge in [-0.05, 0) is 70.6 Å². The number of carbonyl (C=O) groups excluding carboxylic acids is 1. The zero-order valence-corrected chi connectivity index (χ0v) is 15.1. The van der Waals surface area contributed by atoms with Crippen LogP contribution in [0.2, 0.25) is 0 Å². The Balaban J connectivity index is 1.98. The van der Waals surface area contributed by atoms with E-state index in [4.69, 9.17) is 4.98 Å². The summed E-state index contributed by atoms with van der Waals surface area (Å²) in [6, 6.07) is 11.4. The Morgan fingerprint density at radius 1 is 1.21 bits per heavy atom. The molecule has 0 N–H and O–H groups in total. The van der Waals surface area contributed by atoms with Crippen molar-refractivity contribution in [1.82, 2.24) is 4.98 Å². The van der Waals surface area contributed by atoms with Gasteiger partial charge in [0.15, 0.2) is 0 Å². The predicted molar refractivity (Wildman–Crippen MR) is 98.9 cm³/mol. The molecule has 0 atom stereocenters. The molecule has 3 nitrogen and oxygen atoms in total. The van der Waals surface area contributed by atoms with Crippen LogP contribution in [-0.2, 0) is 6.42 Å². The topological polar surface area (TPSA) is 53.0 Å². The second-order valence-electron chi connectivity index (χ2n) is 5.78. The van der Waals surface area contributed by atoms with Gasteiger partial charge in [-0.3, -0.25) is 0 Å². The van der Waals surface area contributed by atoms with Crippen molar-refractivity contribution in [2.45, 2.75) is 19.3 Å². The number of allylic oxidation sites excluding steroid dienone is 1. The number of carbonyl (C=O) groups is 1. The van der Waals surface area contributed by atoms with Crippen LogP contribution in [-0.4, -0.2) is 11.0 Å². The number of aromatic nitrogens is 1. The number of para-hydroxylation sites is 1. The highest BCUT2D eigenvalue weighted by Crippen LogP contribution is 2.37. The Morgan fingerprint density at radius 2 is 2.04 bits per heavy atom. The molecule has 0 fully saturated rings. The molecule has 2 heterocycles. The molecule has 0 saturated carbocycles. The molecule has 0 aliphatic heterocycles. The highest BCUT2D eigenvalue weighted by Gasteiger charge is 2.22. The van der Waals surface area contributed by atoms with Gasteiger partial charge in [0.2, 0.25) is 0 Å². The first-order chi connectivity index (χ1) is 11.6. The summed E-state index contributed by atoms with van der Waals surface area (Å²) in [4.78, 5) is 17.7. The van der Waals surface area contributed by atoms with Gasteiger partial charge in [0.25, 0.3) is 0 Å². The first-order valence-electron chi connectivity index (χ1n) is 7.73. The summed E-state index contributed by atoms with van der Waals surface area (Å²) in [5.41, 5.74) is 3.72. The van der Waals surface area contributed by atoms with Crippen LogP contribution in [0.5, 0.6) is 0 Å². The number of carboxylic acids is 1. The molecule has 0 unspecified atom stereocenters. The number of thiophene rings is 1. The van der Waals surface area contributed by atoms with E-state index in [-0.39, 0.29) is 0 Å². The average Bonchev–Trinajstić information content (AvgIpc) is 2.98. The van der Waals surface area contributed by atoms with E-state index >= 15 is 0 Å². The number of pyridine rings is 1. The van der Waals surface area contributed by atoms with E-state index in [0.29, 0.717) is 16.5 Å². The van der Waals surface area contributed by atoms with E-state index in [1.807, 2.05) is 30.3 Å². The summed E-state index contributed by atoms with van der Waals surface area (Å²) in [6.45, 7) is 0. The van der Waals surface area contributed by atoms with Crippen LogP contribution < -0.4 is 5.11 Å². The van der Waals surface area contributed by atoms with E-state index in [1.165, 1.54) is 0 Å². The van der Waals surface area contributed by atoms with Gasteiger partial charge in [-0.1, -0.05) is 18.2 Å². The fraction of sp³-hybridized carbons (Fsp3) is 0.158. The SMILES string of the molecule is O=C([O-])c1c2c(nc3ccccc13)/C(=C\c1ccc(Br)s1)CCC2. The van der Waals surface area contributed by atoms with Crippen LogP contribution in [0, 0.1) is 0 Å². The molecule has 2 aromatic heterocycles. The third-order valence-electron chi connectivity index (χ3n) is 4.28. The molecular formula is C19H13BrNO2S-. The number of carboxylic acid groups (broad SMARTS) is 1. The lowest BCUT2D eigenvalue weighted by Crippen LogP contribution is -2.26. The van der Waals surface area contributed by atoms with Gasteiger partial charge in [-0.15, -0.1) is 11.3 Å². The van der Waals surface area contributed by atoms with Crippen LogP contribution in [0.3, 0.4) is 0 Å². The van der Waals surface area contributed by atoms with Crippen molar-refractivity contribution in [3.63, 3.8) is 0 Å². The lowest BCUT2D eigenvalue weighted by Gasteiger charge is -2.23. The number of hydrogen-bond acceptors (Lipinski definition) is 4. The molecule has 0 saturated heterocycles. The standard InChI is InChI=1S/C19H14BrNO2S/c20-16-9-8-12(24-16)10-11-4-3-6-14-17(19(22)23)13-5-1-2-7-15(13)21-18(11)14/h1-2,5,7-10H,3-4,6H2,(H,22,23)/p-1/b11-10-. The summed E-state index contributed by atoms with van der Waals surface area (Å²) in [5, 5.41) is 12.5. The van der Waals surface area contributed by atoms with E-state index in [1.54, 1.807) is 11.3 Å². The summed E-state index contributed by atoms with van der Waals surface area (Å²) >= 11 is 5.13. The normalized spacial score (nSPS) is 15.6. The first kappa shape index (κ1) is 15.5. The maximum Gasteiger partial charge on any atom is 0.0725 e. The first-order valence-corrected chi connectivity index (χ1v) is 9.33. The molecule has 1 aliphatic rings. The number of rotatable bonds is 2. The molecular weight excluding hydrogens is 386 g/mol. The minimum Gasteiger partial charge on any atom is -0.545 e. The number of fused-ring (bicyclic) bond motifs is 2. The van der Waals surface area contributed by atoms with Gasteiger partial charge in [-0.25, -0.2) is 4.98 Å². The molecule has 1 aromatic carbocycles. The number of nitrogens with zero attached hydrogens (tertiary/aromatic N) is 1. The molecule has 3 aromatic rings. The van der Waals surface area contributed by atoms with Gasteiger partial charge in [0, 0.05) is 15.8 Å². The Kier molecular flexibility index (Phi) is 3.98. The van der Waals surface area contributed by atoms with Gasteiger partial charge >= 0.3 is 0 Å². The minimum absolute atomic E-state index is 0.300. The Labute approximate surface area is 151 Å². The van der Waals surface area contributed by atoms with Gasteiger partial charge in [0.05, 0.1) is 21.0 Å². The Morgan fingerprint density at radius 3 is 2.79 bits per heavy atom. The van der Waals surface area contributed by atoms with Crippen molar-refractivity contribution in [2.24, 2.45) is 0 Å². The fourth-order valence-electron chi connectivity index (χ4n) is 3.29. The zero-order chi connectivity index (χ0) is 16.7. The Bertz CT molecular complexity index is 990. The van der Waals surface area contributed by atoms with Gasteiger partial charge in [0.1, 0.15) is 0 Å².